The molecule has 1 atom stereocenters. The second-order valence-electron chi connectivity index (χ2n) is 9.19. The van der Waals surface area contributed by atoms with Crippen LogP contribution in [-0.2, 0) is 14.9 Å². The van der Waals surface area contributed by atoms with Crippen LogP contribution in [0.1, 0.15) is 46.6 Å². The number of hydrogen-bond donors (Lipinski definition) is 1. The summed E-state index contributed by atoms with van der Waals surface area (Å²) >= 11 is 0. The second kappa shape index (κ2) is 7.98. The predicted molar refractivity (Wildman–Crippen MR) is 117 cm³/mol. The van der Waals surface area contributed by atoms with Crippen molar-refractivity contribution < 1.29 is 19.4 Å². The fourth-order valence-electron chi connectivity index (χ4n) is 3.81. The van der Waals surface area contributed by atoms with E-state index in [0.29, 0.717) is 0 Å². The summed E-state index contributed by atoms with van der Waals surface area (Å²) in [5, 5.41) is 9.52. The molecule has 0 bridgehead atoms. The molecule has 1 N–H and O–H groups in total. The third-order valence-corrected chi connectivity index (χ3v) is 5.53. The highest BCUT2D eigenvalue weighted by Gasteiger charge is 2.49. The molecular formula is C25H29NO4. The van der Waals surface area contributed by atoms with Crippen LogP contribution in [0.15, 0.2) is 66.4 Å². The standard InChI is InChI=1S/C25H29NO4/c1-24(2,3)30-23(29)26-21(15-19(16-27)22(26)28)25(4,5)20-13-11-18(12-14-20)17-9-7-6-8-10-17/h6-14,16,21,27H,15H2,1-5H3/b19-16-/t21-/m0/s1. The molecule has 2 aromatic carbocycles. The number of likely N-dealkylation sites (tertiary alicyclic amines) is 1. The molecule has 5 heteroatoms. The lowest BCUT2D eigenvalue weighted by atomic mass is 9.76. The van der Waals surface area contributed by atoms with Crippen molar-refractivity contribution in [3.63, 3.8) is 0 Å². The van der Waals surface area contributed by atoms with Crippen LogP contribution in [0.5, 0.6) is 0 Å². The highest BCUT2D eigenvalue weighted by molar-refractivity contribution is 6.05. The van der Waals surface area contributed by atoms with Crippen molar-refractivity contribution in [2.45, 2.75) is 58.1 Å². The maximum absolute atomic E-state index is 12.8. The normalized spacial score (nSPS) is 18.7. The number of carbonyl (C=O) groups excluding carboxylic acids is 2. The molecule has 0 aliphatic carbocycles. The number of nitrogens with zero attached hydrogens (tertiary/aromatic N) is 1. The Labute approximate surface area is 178 Å². The van der Waals surface area contributed by atoms with Gasteiger partial charge in [-0.2, -0.15) is 0 Å². The van der Waals surface area contributed by atoms with Crippen LogP contribution in [-0.4, -0.2) is 33.6 Å². The molecule has 0 saturated carbocycles. The number of ether oxygens (including phenoxy) is 1. The van der Waals surface area contributed by atoms with Crippen LogP contribution in [0.4, 0.5) is 4.79 Å². The molecule has 158 valence electrons. The van der Waals surface area contributed by atoms with Gasteiger partial charge in [-0.1, -0.05) is 68.4 Å². The molecule has 5 nitrogen and oxygen atoms in total. The lowest BCUT2D eigenvalue weighted by Crippen LogP contribution is -2.49. The first-order valence-electron chi connectivity index (χ1n) is 10.1. The number of benzene rings is 2. The summed E-state index contributed by atoms with van der Waals surface area (Å²) in [6, 6.07) is 17.8. The molecule has 0 radical (unpaired) electrons. The largest absolute Gasteiger partial charge is 0.515 e. The number of imide groups is 1. The number of aliphatic hydroxyl groups is 1. The lowest BCUT2D eigenvalue weighted by Gasteiger charge is -2.37. The van der Waals surface area contributed by atoms with Crippen molar-refractivity contribution in [2.75, 3.05) is 0 Å². The van der Waals surface area contributed by atoms with Gasteiger partial charge in [0.1, 0.15) is 5.60 Å². The molecule has 1 fully saturated rings. The van der Waals surface area contributed by atoms with E-state index in [1.807, 2.05) is 56.3 Å². The van der Waals surface area contributed by atoms with Gasteiger partial charge in [0.15, 0.2) is 0 Å². The first-order chi connectivity index (χ1) is 14.0. The van der Waals surface area contributed by atoms with E-state index in [4.69, 9.17) is 4.74 Å². The quantitative estimate of drug-likeness (QED) is 0.530. The molecule has 30 heavy (non-hydrogen) atoms. The maximum atomic E-state index is 12.8. The fraction of sp³-hybridized carbons (Fsp3) is 0.360. The third-order valence-electron chi connectivity index (χ3n) is 5.53. The van der Waals surface area contributed by atoms with Crippen molar-refractivity contribution in [2.24, 2.45) is 0 Å². The molecule has 1 heterocycles. The highest BCUT2D eigenvalue weighted by Crippen LogP contribution is 2.40. The molecule has 1 aliphatic rings. The van der Waals surface area contributed by atoms with Gasteiger partial charge in [0.05, 0.1) is 17.9 Å². The molecule has 2 amide bonds. The van der Waals surface area contributed by atoms with E-state index in [1.165, 1.54) is 0 Å². The van der Waals surface area contributed by atoms with Gasteiger partial charge in [-0.15, -0.1) is 0 Å². The van der Waals surface area contributed by atoms with E-state index in [1.54, 1.807) is 20.8 Å². The van der Waals surface area contributed by atoms with Gasteiger partial charge in [-0.25, -0.2) is 9.69 Å². The molecule has 0 unspecified atom stereocenters. The summed E-state index contributed by atoms with van der Waals surface area (Å²) < 4.78 is 5.48. The molecule has 2 aromatic rings. The van der Waals surface area contributed by atoms with E-state index >= 15 is 0 Å². The number of amides is 2. The molecule has 3 rings (SSSR count). The predicted octanol–water partition coefficient (Wildman–Crippen LogP) is 5.61. The summed E-state index contributed by atoms with van der Waals surface area (Å²) in [6.45, 7) is 9.28. The zero-order chi connectivity index (χ0) is 22.1. The average molecular weight is 408 g/mol. The average Bonchev–Trinajstić information content (AvgIpc) is 3.05. The minimum atomic E-state index is -0.727. The Morgan fingerprint density at radius 3 is 2.10 bits per heavy atom. The van der Waals surface area contributed by atoms with Crippen LogP contribution in [0.2, 0.25) is 0 Å². The summed E-state index contributed by atoms with van der Waals surface area (Å²) in [6.07, 6.45) is 0.374. The van der Waals surface area contributed by atoms with Gasteiger partial charge in [-0.3, -0.25) is 4.79 Å². The molecule has 0 aromatic heterocycles. The smallest absolute Gasteiger partial charge is 0.417 e. The van der Waals surface area contributed by atoms with Crippen LogP contribution >= 0.6 is 0 Å². The van der Waals surface area contributed by atoms with E-state index < -0.39 is 29.1 Å². The topological polar surface area (TPSA) is 66.8 Å². The lowest BCUT2D eigenvalue weighted by molar-refractivity contribution is -0.126. The summed E-state index contributed by atoms with van der Waals surface area (Å²) in [7, 11) is 0. The van der Waals surface area contributed by atoms with Gasteiger partial charge in [0.2, 0.25) is 0 Å². The van der Waals surface area contributed by atoms with Crippen molar-refractivity contribution in [3.05, 3.63) is 72.0 Å². The Bertz CT molecular complexity index is 953. The maximum Gasteiger partial charge on any atom is 0.417 e. The van der Waals surface area contributed by atoms with Crippen molar-refractivity contribution in [1.29, 1.82) is 0 Å². The van der Waals surface area contributed by atoms with E-state index in [2.05, 4.69) is 12.1 Å². The number of carbonyl (C=O) groups is 2. The van der Waals surface area contributed by atoms with E-state index in [0.717, 1.165) is 27.9 Å². The van der Waals surface area contributed by atoms with Crippen molar-refractivity contribution in [1.82, 2.24) is 4.90 Å². The summed E-state index contributed by atoms with van der Waals surface area (Å²) in [5.41, 5.74) is 2.14. The Balaban J connectivity index is 1.94. The monoisotopic (exact) mass is 407 g/mol. The Kier molecular flexibility index (Phi) is 5.75. The molecule has 1 saturated heterocycles. The molecule has 0 spiro atoms. The fourth-order valence-corrected chi connectivity index (χ4v) is 3.81. The van der Waals surface area contributed by atoms with Gasteiger partial charge >= 0.3 is 6.09 Å². The van der Waals surface area contributed by atoms with Crippen LogP contribution in [0.3, 0.4) is 0 Å². The van der Waals surface area contributed by atoms with Gasteiger partial charge in [-0.05, 0) is 37.5 Å². The number of hydrogen-bond acceptors (Lipinski definition) is 4. The number of aliphatic hydroxyl groups excluding tert-OH is 1. The van der Waals surface area contributed by atoms with Crippen molar-refractivity contribution in [3.8, 4) is 11.1 Å². The zero-order valence-corrected chi connectivity index (χ0v) is 18.2. The number of rotatable bonds is 3. The second-order valence-corrected chi connectivity index (χ2v) is 9.19. The van der Waals surface area contributed by atoms with Crippen LogP contribution in [0.25, 0.3) is 11.1 Å². The zero-order valence-electron chi connectivity index (χ0n) is 18.2. The third kappa shape index (κ3) is 4.25. The summed E-state index contributed by atoms with van der Waals surface area (Å²) in [5.74, 6) is -0.509. The SMILES string of the molecule is CC(C)(C)OC(=O)N1C(=O)/C(=C\O)C[C@H]1C(C)(C)c1ccc(-c2ccccc2)cc1. The highest BCUT2D eigenvalue weighted by atomic mass is 16.6. The van der Waals surface area contributed by atoms with Crippen molar-refractivity contribution >= 4 is 12.0 Å². The van der Waals surface area contributed by atoms with Gasteiger partial charge in [0.25, 0.3) is 5.91 Å². The first kappa shape index (κ1) is 21.6. The van der Waals surface area contributed by atoms with Gasteiger partial charge in [0, 0.05) is 11.8 Å². The minimum Gasteiger partial charge on any atom is -0.515 e. The molecular weight excluding hydrogens is 378 g/mol. The Hall–Kier alpha value is -3.08. The van der Waals surface area contributed by atoms with E-state index in [9.17, 15) is 14.7 Å². The van der Waals surface area contributed by atoms with Crippen LogP contribution < -0.4 is 0 Å². The Morgan fingerprint density at radius 1 is 1.00 bits per heavy atom. The van der Waals surface area contributed by atoms with Crippen LogP contribution in [0, 0.1) is 0 Å². The minimum absolute atomic E-state index is 0.208. The first-order valence-corrected chi connectivity index (χ1v) is 10.1. The van der Waals surface area contributed by atoms with Gasteiger partial charge < -0.3 is 9.84 Å². The Morgan fingerprint density at radius 2 is 1.57 bits per heavy atom. The van der Waals surface area contributed by atoms with E-state index in [-0.39, 0.29) is 12.0 Å². The summed E-state index contributed by atoms with van der Waals surface area (Å²) in [4.78, 5) is 26.8. The molecule has 1 aliphatic heterocycles.